The molecule has 0 radical (unpaired) electrons. The van der Waals surface area contributed by atoms with Crippen molar-refractivity contribution in [1.29, 1.82) is 0 Å². The molecule has 0 fully saturated rings. The molecule has 5 heteroatoms. The van der Waals surface area contributed by atoms with Crippen molar-refractivity contribution in [3.63, 3.8) is 0 Å². The fraction of sp³-hybridized carbons (Fsp3) is 0.250. The van der Waals surface area contributed by atoms with Crippen LogP contribution in [-0.2, 0) is 11.3 Å². The van der Waals surface area contributed by atoms with Crippen LogP contribution in [0.3, 0.4) is 0 Å². The average molecular weight is 182 g/mol. The number of aldehydes is 1. The summed E-state index contributed by atoms with van der Waals surface area (Å²) in [7, 11) is 0. The molecule has 0 bridgehead atoms. The van der Waals surface area contributed by atoms with Crippen LogP contribution in [0.25, 0.3) is 0 Å². The molecular formula is C8H10N2O3. The van der Waals surface area contributed by atoms with Gasteiger partial charge in [-0.25, -0.2) is 0 Å². The fourth-order valence-electron chi connectivity index (χ4n) is 0.918. The molecule has 1 aromatic heterocycles. The van der Waals surface area contributed by atoms with E-state index in [1.165, 1.54) is 16.8 Å². The minimum absolute atomic E-state index is 0.0964. The van der Waals surface area contributed by atoms with Crippen LogP contribution >= 0.6 is 0 Å². The van der Waals surface area contributed by atoms with E-state index in [1.807, 2.05) is 0 Å². The van der Waals surface area contributed by atoms with Gasteiger partial charge in [-0.05, 0) is 6.07 Å². The SMILES string of the molecule is N[C@H](C=O)Cn1ccc(O)cc1=O. The van der Waals surface area contributed by atoms with Crippen LogP contribution in [0.1, 0.15) is 0 Å². The Morgan fingerprint density at radius 1 is 1.69 bits per heavy atom. The minimum atomic E-state index is -0.692. The molecule has 1 rings (SSSR count). The zero-order valence-corrected chi connectivity index (χ0v) is 6.88. The zero-order chi connectivity index (χ0) is 9.84. The average Bonchev–Trinajstić information content (AvgIpc) is 2.09. The van der Waals surface area contributed by atoms with Gasteiger partial charge in [0.15, 0.2) is 0 Å². The molecule has 0 aliphatic rings. The monoisotopic (exact) mass is 182 g/mol. The molecule has 1 aromatic rings. The van der Waals surface area contributed by atoms with E-state index in [0.717, 1.165) is 6.07 Å². The standard InChI is InChI=1S/C8H10N2O3/c9-6(5-11)4-10-2-1-7(12)3-8(10)13/h1-3,5-6,12H,4,9H2/t6-/m0/s1. The Labute approximate surface area is 74.4 Å². The fourth-order valence-corrected chi connectivity index (χ4v) is 0.918. The zero-order valence-electron chi connectivity index (χ0n) is 6.88. The van der Waals surface area contributed by atoms with Crippen molar-refractivity contribution in [3.05, 3.63) is 28.7 Å². The number of carbonyl (C=O) groups is 1. The first kappa shape index (κ1) is 9.47. The number of pyridine rings is 1. The second-order valence-corrected chi connectivity index (χ2v) is 2.68. The molecule has 13 heavy (non-hydrogen) atoms. The summed E-state index contributed by atoms with van der Waals surface area (Å²) in [6, 6.07) is 1.73. The number of hydrogen-bond donors (Lipinski definition) is 2. The Kier molecular flexibility index (Phi) is 2.81. The Balaban J connectivity index is 2.90. The normalized spacial score (nSPS) is 12.4. The highest BCUT2D eigenvalue weighted by molar-refractivity contribution is 5.56. The first-order valence-electron chi connectivity index (χ1n) is 3.74. The van der Waals surface area contributed by atoms with Gasteiger partial charge in [0, 0.05) is 18.8 Å². The predicted molar refractivity (Wildman–Crippen MR) is 46.4 cm³/mol. The molecule has 0 amide bonds. The molecule has 1 atom stereocenters. The summed E-state index contributed by atoms with van der Waals surface area (Å²) in [6.45, 7) is 0.128. The number of aromatic hydroxyl groups is 1. The first-order valence-corrected chi connectivity index (χ1v) is 3.74. The lowest BCUT2D eigenvalue weighted by molar-refractivity contribution is -0.109. The van der Waals surface area contributed by atoms with Crippen molar-refractivity contribution in [2.75, 3.05) is 0 Å². The molecule has 0 saturated heterocycles. The van der Waals surface area contributed by atoms with Gasteiger partial charge < -0.3 is 20.2 Å². The van der Waals surface area contributed by atoms with E-state index in [9.17, 15) is 9.59 Å². The molecule has 1 heterocycles. The van der Waals surface area contributed by atoms with E-state index in [4.69, 9.17) is 10.8 Å². The maximum absolute atomic E-state index is 11.1. The summed E-state index contributed by atoms with van der Waals surface area (Å²) in [5.74, 6) is -0.0964. The van der Waals surface area contributed by atoms with Crippen LogP contribution in [0.15, 0.2) is 23.1 Å². The molecule has 0 unspecified atom stereocenters. The molecule has 0 aliphatic carbocycles. The second kappa shape index (κ2) is 3.86. The minimum Gasteiger partial charge on any atom is -0.508 e. The van der Waals surface area contributed by atoms with E-state index in [1.54, 1.807) is 0 Å². The van der Waals surface area contributed by atoms with Gasteiger partial charge in [-0.15, -0.1) is 0 Å². The Morgan fingerprint density at radius 2 is 2.38 bits per heavy atom. The van der Waals surface area contributed by atoms with Gasteiger partial charge in [-0.3, -0.25) is 4.79 Å². The summed E-state index contributed by atoms with van der Waals surface area (Å²) >= 11 is 0. The maximum Gasteiger partial charge on any atom is 0.254 e. The summed E-state index contributed by atoms with van der Waals surface area (Å²) < 4.78 is 1.26. The molecular weight excluding hydrogens is 172 g/mol. The lowest BCUT2D eigenvalue weighted by Crippen LogP contribution is -2.32. The quantitative estimate of drug-likeness (QED) is 0.592. The molecule has 3 N–H and O–H groups in total. The van der Waals surface area contributed by atoms with Crippen molar-refractivity contribution in [3.8, 4) is 5.75 Å². The molecule has 5 nitrogen and oxygen atoms in total. The Hall–Kier alpha value is -1.62. The predicted octanol–water partition coefficient (Wildman–Crippen LogP) is -0.920. The van der Waals surface area contributed by atoms with Gasteiger partial charge in [0.2, 0.25) is 0 Å². The largest absolute Gasteiger partial charge is 0.508 e. The van der Waals surface area contributed by atoms with Gasteiger partial charge in [-0.2, -0.15) is 0 Å². The summed E-state index contributed by atoms with van der Waals surface area (Å²) in [5, 5.41) is 8.91. The molecule has 70 valence electrons. The van der Waals surface area contributed by atoms with E-state index < -0.39 is 6.04 Å². The Morgan fingerprint density at radius 3 is 2.92 bits per heavy atom. The van der Waals surface area contributed by atoms with Gasteiger partial charge in [0.1, 0.15) is 12.0 Å². The van der Waals surface area contributed by atoms with Crippen LogP contribution in [0, 0.1) is 0 Å². The summed E-state index contributed by atoms with van der Waals surface area (Å²) in [4.78, 5) is 21.3. The topological polar surface area (TPSA) is 85.3 Å². The van der Waals surface area contributed by atoms with E-state index in [0.29, 0.717) is 6.29 Å². The van der Waals surface area contributed by atoms with Crippen LogP contribution in [0.2, 0.25) is 0 Å². The van der Waals surface area contributed by atoms with Crippen molar-refractivity contribution in [2.45, 2.75) is 12.6 Å². The summed E-state index contributed by atoms with van der Waals surface area (Å²) in [5.41, 5.74) is 4.94. The highest BCUT2D eigenvalue weighted by Gasteiger charge is 2.02. The van der Waals surface area contributed by atoms with Gasteiger partial charge in [-0.1, -0.05) is 0 Å². The summed E-state index contributed by atoms with van der Waals surface area (Å²) in [6.07, 6.45) is 1.96. The first-order chi connectivity index (χ1) is 6.13. The molecule has 0 aliphatic heterocycles. The number of carbonyl (C=O) groups excluding carboxylic acids is 1. The molecule has 0 spiro atoms. The number of nitrogens with zero attached hydrogens (tertiary/aromatic N) is 1. The third kappa shape index (κ3) is 2.41. The van der Waals surface area contributed by atoms with Crippen molar-refractivity contribution in [2.24, 2.45) is 5.73 Å². The third-order valence-corrected chi connectivity index (χ3v) is 1.56. The molecule has 0 aromatic carbocycles. The number of hydrogen-bond acceptors (Lipinski definition) is 4. The van der Waals surface area contributed by atoms with Crippen LogP contribution < -0.4 is 11.3 Å². The Bertz CT molecular complexity index is 359. The van der Waals surface area contributed by atoms with Crippen LogP contribution in [0.5, 0.6) is 5.75 Å². The number of nitrogens with two attached hydrogens (primary N) is 1. The van der Waals surface area contributed by atoms with Crippen molar-refractivity contribution < 1.29 is 9.90 Å². The van der Waals surface area contributed by atoms with Crippen LogP contribution in [0.4, 0.5) is 0 Å². The highest BCUT2D eigenvalue weighted by Crippen LogP contribution is 2.00. The third-order valence-electron chi connectivity index (χ3n) is 1.56. The lowest BCUT2D eigenvalue weighted by Gasteiger charge is -2.06. The van der Waals surface area contributed by atoms with E-state index in [2.05, 4.69) is 0 Å². The maximum atomic E-state index is 11.1. The number of aromatic nitrogens is 1. The van der Waals surface area contributed by atoms with Gasteiger partial charge in [0.05, 0.1) is 6.04 Å². The second-order valence-electron chi connectivity index (χ2n) is 2.68. The van der Waals surface area contributed by atoms with Gasteiger partial charge in [0.25, 0.3) is 5.56 Å². The van der Waals surface area contributed by atoms with E-state index in [-0.39, 0.29) is 17.9 Å². The van der Waals surface area contributed by atoms with Gasteiger partial charge >= 0.3 is 0 Å². The lowest BCUT2D eigenvalue weighted by atomic mass is 10.3. The van der Waals surface area contributed by atoms with Crippen molar-refractivity contribution >= 4 is 6.29 Å². The van der Waals surface area contributed by atoms with Crippen LogP contribution in [-0.4, -0.2) is 22.0 Å². The smallest absolute Gasteiger partial charge is 0.254 e. The number of rotatable bonds is 3. The highest BCUT2D eigenvalue weighted by atomic mass is 16.3. The van der Waals surface area contributed by atoms with E-state index >= 15 is 0 Å². The van der Waals surface area contributed by atoms with Crippen molar-refractivity contribution in [1.82, 2.24) is 4.57 Å². The molecule has 0 saturated carbocycles.